The van der Waals surface area contributed by atoms with Gasteiger partial charge in [0.2, 0.25) is 0 Å². The molecule has 0 radical (unpaired) electrons. The van der Waals surface area contributed by atoms with E-state index in [0.717, 1.165) is 24.6 Å². The van der Waals surface area contributed by atoms with Crippen LogP contribution in [0.25, 0.3) is 0 Å². The molecule has 3 rings (SSSR count). The van der Waals surface area contributed by atoms with Crippen LogP contribution in [0.15, 0.2) is 36.2 Å². The van der Waals surface area contributed by atoms with E-state index in [-0.39, 0.29) is 0 Å². The topological polar surface area (TPSA) is 28.2 Å². The standard InChI is InChI=1S/C18H25N3S/c22-18(20-13-10-15-4-2-1-3-5-15)21(17-6-7-17)14-16-8-11-19-12-9-16/h4,8-9,11-12,17H,1-3,5-7,10,13-14H2,(H,20,22). The monoisotopic (exact) mass is 315 g/mol. The zero-order valence-electron chi connectivity index (χ0n) is 13.1. The van der Waals surface area contributed by atoms with Gasteiger partial charge in [-0.25, -0.2) is 0 Å². The fraction of sp³-hybridized carbons (Fsp3) is 0.556. The van der Waals surface area contributed by atoms with Crippen LogP contribution in [0.5, 0.6) is 0 Å². The highest BCUT2D eigenvalue weighted by atomic mass is 32.1. The van der Waals surface area contributed by atoms with Crippen molar-refractivity contribution in [3.63, 3.8) is 0 Å². The average Bonchev–Trinajstić information content (AvgIpc) is 3.39. The number of pyridine rings is 1. The Hall–Kier alpha value is -1.42. The number of aromatic nitrogens is 1. The van der Waals surface area contributed by atoms with Crippen LogP contribution < -0.4 is 5.32 Å². The highest BCUT2D eigenvalue weighted by Crippen LogP contribution is 2.28. The quantitative estimate of drug-likeness (QED) is 0.638. The van der Waals surface area contributed by atoms with Gasteiger partial charge < -0.3 is 10.2 Å². The summed E-state index contributed by atoms with van der Waals surface area (Å²) in [5.74, 6) is 0. The van der Waals surface area contributed by atoms with Crippen molar-refractivity contribution in [2.45, 2.75) is 57.5 Å². The minimum atomic E-state index is 0.627. The van der Waals surface area contributed by atoms with Gasteiger partial charge in [-0.05, 0) is 74.9 Å². The Morgan fingerprint density at radius 2 is 2.09 bits per heavy atom. The predicted octanol–water partition coefficient (Wildman–Crippen LogP) is 3.81. The Morgan fingerprint density at radius 3 is 2.77 bits per heavy atom. The van der Waals surface area contributed by atoms with Crippen LogP contribution in [0.1, 0.15) is 50.5 Å². The van der Waals surface area contributed by atoms with E-state index in [2.05, 4.69) is 33.4 Å². The Balaban J connectivity index is 1.49. The summed E-state index contributed by atoms with van der Waals surface area (Å²) in [6.45, 7) is 1.85. The summed E-state index contributed by atoms with van der Waals surface area (Å²) in [5.41, 5.74) is 2.88. The lowest BCUT2D eigenvalue weighted by molar-refractivity contribution is 0.396. The maximum atomic E-state index is 5.64. The number of rotatable bonds is 6. The molecule has 1 saturated carbocycles. The molecular weight excluding hydrogens is 290 g/mol. The van der Waals surface area contributed by atoms with Crippen molar-refractivity contribution < 1.29 is 0 Å². The molecule has 2 aliphatic carbocycles. The molecule has 0 aliphatic heterocycles. The molecule has 1 aromatic heterocycles. The van der Waals surface area contributed by atoms with Crippen LogP contribution >= 0.6 is 12.2 Å². The molecule has 0 spiro atoms. The van der Waals surface area contributed by atoms with Gasteiger partial charge in [-0.1, -0.05) is 11.6 Å². The van der Waals surface area contributed by atoms with E-state index in [9.17, 15) is 0 Å². The van der Waals surface area contributed by atoms with Crippen LogP contribution in [-0.2, 0) is 6.54 Å². The molecule has 118 valence electrons. The maximum absolute atomic E-state index is 5.64. The molecule has 0 unspecified atom stereocenters. The summed E-state index contributed by atoms with van der Waals surface area (Å²) in [6.07, 6.45) is 15.0. The summed E-state index contributed by atoms with van der Waals surface area (Å²) < 4.78 is 0. The first-order valence-electron chi connectivity index (χ1n) is 8.44. The lowest BCUT2D eigenvalue weighted by Gasteiger charge is -2.26. The van der Waals surface area contributed by atoms with Crippen molar-refractivity contribution in [1.29, 1.82) is 0 Å². The first-order valence-corrected chi connectivity index (χ1v) is 8.85. The number of hydrogen-bond acceptors (Lipinski definition) is 2. The Bertz CT molecular complexity index is 522. The summed E-state index contributed by atoms with van der Waals surface area (Å²) in [6, 6.07) is 4.78. The highest BCUT2D eigenvalue weighted by Gasteiger charge is 2.30. The largest absolute Gasteiger partial charge is 0.362 e. The van der Waals surface area contributed by atoms with Gasteiger partial charge >= 0.3 is 0 Å². The van der Waals surface area contributed by atoms with E-state index in [1.54, 1.807) is 5.57 Å². The fourth-order valence-electron chi connectivity index (χ4n) is 3.00. The fourth-order valence-corrected chi connectivity index (χ4v) is 3.32. The van der Waals surface area contributed by atoms with Crippen LogP contribution in [0.4, 0.5) is 0 Å². The van der Waals surface area contributed by atoms with Crippen LogP contribution in [0.3, 0.4) is 0 Å². The van der Waals surface area contributed by atoms with E-state index in [0.29, 0.717) is 6.04 Å². The van der Waals surface area contributed by atoms with Crippen molar-refractivity contribution in [3.05, 3.63) is 41.7 Å². The maximum Gasteiger partial charge on any atom is 0.169 e. The first kappa shape index (κ1) is 15.5. The second-order valence-electron chi connectivity index (χ2n) is 6.30. The van der Waals surface area contributed by atoms with Gasteiger partial charge in [0.1, 0.15) is 0 Å². The van der Waals surface area contributed by atoms with Gasteiger partial charge in [0.05, 0.1) is 0 Å². The van der Waals surface area contributed by atoms with E-state index in [4.69, 9.17) is 12.2 Å². The Labute approximate surface area is 138 Å². The third-order valence-corrected chi connectivity index (χ3v) is 4.84. The average molecular weight is 315 g/mol. The Kier molecular flexibility index (Phi) is 5.43. The second-order valence-corrected chi connectivity index (χ2v) is 6.69. The lowest BCUT2D eigenvalue weighted by atomic mass is 9.97. The molecule has 0 amide bonds. The van der Waals surface area contributed by atoms with Crippen LogP contribution in [0.2, 0.25) is 0 Å². The summed E-state index contributed by atoms with van der Waals surface area (Å²) in [4.78, 5) is 6.43. The van der Waals surface area contributed by atoms with Gasteiger partial charge in [0.15, 0.2) is 5.11 Å². The van der Waals surface area contributed by atoms with Crippen LogP contribution in [0, 0.1) is 0 Å². The normalized spacial score (nSPS) is 17.7. The predicted molar refractivity (Wildman–Crippen MR) is 94.6 cm³/mol. The second kappa shape index (κ2) is 7.73. The van der Waals surface area contributed by atoms with E-state index >= 15 is 0 Å². The number of thiocarbonyl (C=S) groups is 1. The van der Waals surface area contributed by atoms with E-state index in [1.807, 2.05) is 12.4 Å². The lowest BCUT2D eigenvalue weighted by Crippen LogP contribution is -2.41. The summed E-state index contributed by atoms with van der Waals surface area (Å²) >= 11 is 5.64. The smallest absolute Gasteiger partial charge is 0.169 e. The SMILES string of the molecule is S=C(NCCC1=CCCCC1)N(Cc1ccncc1)C1CC1. The molecule has 0 saturated heterocycles. The molecule has 2 aliphatic rings. The molecule has 1 aromatic rings. The zero-order chi connectivity index (χ0) is 15.2. The third-order valence-electron chi connectivity index (χ3n) is 4.46. The van der Waals surface area contributed by atoms with Gasteiger partial charge in [0, 0.05) is 31.5 Å². The van der Waals surface area contributed by atoms with Crippen LogP contribution in [-0.4, -0.2) is 27.6 Å². The molecular formula is C18H25N3S. The number of allylic oxidation sites excluding steroid dienone is 1. The summed E-state index contributed by atoms with van der Waals surface area (Å²) in [5, 5.41) is 4.39. The summed E-state index contributed by atoms with van der Waals surface area (Å²) in [7, 11) is 0. The minimum absolute atomic E-state index is 0.627. The molecule has 0 atom stereocenters. The van der Waals surface area contributed by atoms with Crippen molar-refractivity contribution in [1.82, 2.24) is 15.2 Å². The number of nitrogens with one attached hydrogen (secondary N) is 1. The number of hydrogen-bond donors (Lipinski definition) is 1. The zero-order valence-corrected chi connectivity index (χ0v) is 13.9. The van der Waals surface area contributed by atoms with Crippen molar-refractivity contribution in [2.75, 3.05) is 6.54 Å². The van der Waals surface area contributed by atoms with Crippen molar-refractivity contribution >= 4 is 17.3 Å². The first-order chi connectivity index (χ1) is 10.8. The van der Waals surface area contributed by atoms with Gasteiger partial charge in [0.25, 0.3) is 0 Å². The Morgan fingerprint density at radius 1 is 1.27 bits per heavy atom. The molecule has 0 aromatic carbocycles. The molecule has 3 nitrogen and oxygen atoms in total. The molecule has 1 heterocycles. The van der Waals surface area contributed by atoms with Gasteiger partial charge in [-0.15, -0.1) is 0 Å². The highest BCUT2D eigenvalue weighted by molar-refractivity contribution is 7.80. The molecule has 1 N–H and O–H groups in total. The van der Waals surface area contributed by atoms with Gasteiger partial charge in [-0.3, -0.25) is 4.98 Å². The molecule has 1 fully saturated rings. The molecule has 4 heteroatoms. The molecule has 0 bridgehead atoms. The van der Waals surface area contributed by atoms with E-state index in [1.165, 1.54) is 44.1 Å². The van der Waals surface area contributed by atoms with Crippen molar-refractivity contribution in [3.8, 4) is 0 Å². The van der Waals surface area contributed by atoms with E-state index < -0.39 is 0 Å². The number of nitrogens with zero attached hydrogens (tertiary/aromatic N) is 2. The minimum Gasteiger partial charge on any atom is -0.362 e. The third kappa shape index (κ3) is 4.54. The van der Waals surface area contributed by atoms with Gasteiger partial charge in [-0.2, -0.15) is 0 Å². The van der Waals surface area contributed by atoms with Crippen molar-refractivity contribution in [2.24, 2.45) is 0 Å². The molecule has 22 heavy (non-hydrogen) atoms.